The van der Waals surface area contributed by atoms with Crippen molar-refractivity contribution in [3.05, 3.63) is 46.1 Å². The number of hydrogen-bond acceptors (Lipinski definition) is 2. The van der Waals surface area contributed by atoms with Crippen molar-refractivity contribution in [1.29, 1.82) is 0 Å². The summed E-state index contributed by atoms with van der Waals surface area (Å²) in [5.41, 5.74) is 3.30. The number of benzene rings is 1. The summed E-state index contributed by atoms with van der Waals surface area (Å²) in [7, 11) is 0. The van der Waals surface area contributed by atoms with Crippen LogP contribution in [-0.4, -0.2) is 28.4 Å². The van der Waals surface area contributed by atoms with Crippen LogP contribution in [0.1, 0.15) is 84.3 Å². The second kappa shape index (κ2) is 8.61. The van der Waals surface area contributed by atoms with Gasteiger partial charge < -0.3 is 10.0 Å². The quantitative estimate of drug-likeness (QED) is 0.552. The Hall–Kier alpha value is -1.81. The van der Waals surface area contributed by atoms with Crippen molar-refractivity contribution in [2.24, 2.45) is 17.3 Å². The Labute approximate surface area is 191 Å². The van der Waals surface area contributed by atoms with E-state index in [1.165, 1.54) is 18.4 Å². The topological polar surface area (TPSA) is 57.6 Å². The van der Waals surface area contributed by atoms with Crippen molar-refractivity contribution in [2.45, 2.75) is 78.6 Å². The molecule has 5 heteroatoms. The molecule has 1 atom stereocenters. The third-order valence-corrected chi connectivity index (χ3v) is 7.71. The first-order chi connectivity index (χ1) is 14.3. The Bertz CT molecular complexity index is 892. The van der Waals surface area contributed by atoms with Gasteiger partial charge in [0.25, 0.3) is 0 Å². The van der Waals surface area contributed by atoms with E-state index in [4.69, 9.17) is 16.7 Å². The fourth-order valence-corrected chi connectivity index (χ4v) is 5.46. The van der Waals surface area contributed by atoms with Gasteiger partial charge in [0.05, 0.1) is 6.42 Å². The summed E-state index contributed by atoms with van der Waals surface area (Å²) < 4.78 is 0. The number of carboxylic acid groups (broad SMARTS) is 1. The Morgan fingerprint density at radius 3 is 2.45 bits per heavy atom. The van der Waals surface area contributed by atoms with Crippen LogP contribution >= 0.6 is 11.6 Å². The lowest BCUT2D eigenvalue weighted by Crippen LogP contribution is -2.42. The molecule has 0 saturated heterocycles. The number of carboxylic acids is 1. The first-order valence-corrected chi connectivity index (χ1v) is 11.7. The van der Waals surface area contributed by atoms with Gasteiger partial charge >= 0.3 is 5.97 Å². The van der Waals surface area contributed by atoms with Crippen LogP contribution in [0.25, 0.3) is 0 Å². The number of amides is 1. The van der Waals surface area contributed by atoms with Crippen molar-refractivity contribution >= 4 is 23.5 Å². The monoisotopic (exact) mass is 445 g/mol. The minimum absolute atomic E-state index is 0.0413. The summed E-state index contributed by atoms with van der Waals surface area (Å²) in [5.74, 6) is 0.531. The molecule has 1 amide bonds. The molecule has 2 aliphatic rings. The molecule has 1 aromatic rings. The van der Waals surface area contributed by atoms with Crippen molar-refractivity contribution < 1.29 is 14.7 Å². The van der Waals surface area contributed by atoms with E-state index < -0.39 is 11.4 Å². The smallest absolute Gasteiger partial charge is 0.305 e. The van der Waals surface area contributed by atoms with Gasteiger partial charge in [-0.3, -0.25) is 9.59 Å². The number of aliphatic carboxylic acids is 1. The zero-order valence-electron chi connectivity index (χ0n) is 19.7. The molecule has 1 saturated carbocycles. The van der Waals surface area contributed by atoms with Crippen LogP contribution in [0, 0.1) is 17.3 Å². The molecule has 4 nitrogen and oxygen atoms in total. The number of carbonyl (C=O) groups excluding carboxylic acids is 1. The molecule has 3 rings (SSSR count). The van der Waals surface area contributed by atoms with Gasteiger partial charge in [-0.25, -0.2) is 0 Å². The molecule has 0 radical (unpaired) electrons. The summed E-state index contributed by atoms with van der Waals surface area (Å²) in [4.78, 5) is 25.4. The lowest BCUT2D eigenvalue weighted by Gasteiger charge is -2.45. The van der Waals surface area contributed by atoms with Gasteiger partial charge in [0.2, 0.25) is 5.91 Å². The number of nitrogens with zero attached hydrogens (tertiary/aromatic N) is 1. The molecule has 0 aromatic heterocycles. The largest absolute Gasteiger partial charge is 0.481 e. The number of rotatable bonds is 6. The van der Waals surface area contributed by atoms with Crippen molar-refractivity contribution in [2.75, 3.05) is 6.54 Å². The van der Waals surface area contributed by atoms with Gasteiger partial charge in [-0.05, 0) is 58.8 Å². The molecule has 0 unspecified atom stereocenters. The van der Waals surface area contributed by atoms with E-state index in [9.17, 15) is 9.59 Å². The van der Waals surface area contributed by atoms with Gasteiger partial charge in [0.15, 0.2) is 0 Å². The minimum atomic E-state index is -0.896. The molecule has 170 valence electrons. The maximum Gasteiger partial charge on any atom is 0.305 e. The Kier molecular flexibility index (Phi) is 6.63. The second-order valence-corrected chi connectivity index (χ2v) is 11.4. The number of carbonyl (C=O) groups is 2. The predicted molar refractivity (Wildman–Crippen MR) is 125 cm³/mol. The van der Waals surface area contributed by atoms with Crippen LogP contribution in [0.2, 0.25) is 5.02 Å². The van der Waals surface area contributed by atoms with Crippen molar-refractivity contribution in [3.63, 3.8) is 0 Å². The highest BCUT2D eigenvalue weighted by molar-refractivity contribution is 6.31. The fraction of sp³-hybridized carbons (Fsp3) is 0.615. The highest BCUT2D eigenvalue weighted by atomic mass is 35.5. The second-order valence-electron chi connectivity index (χ2n) is 10.9. The third kappa shape index (κ3) is 4.84. The van der Waals surface area contributed by atoms with E-state index in [1.807, 2.05) is 6.20 Å². The van der Waals surface area contributed by atoms with Crippen LogP contribution in [0.5, 0.6) is 0 Å². The summed E-state index contributed by atoms with van der Waals surface area (Å²) in [6.07, 6.45) is 4.49. The molecule has 1 fully saturated rings. The van der Waals surface area contributed by atoms with E-state index >= 15 is 0 Å². The van der Waals surface area contributed by atoms with Crippen molar-refractivity contribution in [1.82, 2.24) is 4.90 Å². The number of hydrogen-bond donors (Lipinski definition) is 1. The van der Waals surface area contributed by atoms with E-state index in [1.54, 1.807) is 4.90 Å². The van der Waals surface area contributed by atoms with E-state index in [-0.39, 0.29) is 24.8 Å². The minimum Gasteiger partial charge on any atom is -0.481 e. The zero-order valence-corrected chi connectivity index (χ0v) is 20.4. The van der Waals surface area contributed by atoms with Gasteiger partial charge in [-0.2, -0.15) is 0 Å². The SMILES string of the molecule is CC(C)C1=CN(CCC(=O)O)C(=O)C[C@@]1(C)c1ccc(C2CC(C(C)(C)C)C2)c(Cl)c1. The van der Waals surface area contributed by atoms with Crippen LogP contribution in [0.3, 0.4) is 0 Å². The standard InChI is InChI=1S/C26H36ClNO3/c1-16(2)21-15-28(10-9-24(30)31)23(29)14-26(21,6)18-7-8-20(22(27)13-18)17-11-19(12-17)25(3,4)5/h7-8,13,15-17,19H,9-12,14H2,1-6H3,(H,30,31)/t17?,19?,26-/m0/s1. The van der Waals surface area contributed by atoms with Gasteiger partial charge in [-0.1, -0.05) is 65.3 Å². The Balaban J connectivity index is 1.87. The molecule has 1 heterocycles. The van der Waals surface area contributed by atoms with Gasteiger partial charge in [0, 0.05) is 29.6 Å². The highest BCUT2D eigenvalue weighted by Crippen LogP contribution is 2.52. The first-order valence-electron chi connectivity index (χ1n) is 11.4. The Morgan fingerprint density at radius 1 is 1.29 bits per heavy atom. The molecule has 0 spiro atoms. The molecule has 1 N–H and O–H groups in total. The molecular weight excluding hydrogens is 410 g/mol. The predicted octanol–water partition coefficient (Wildman–Crippen LogP) is 6.38. The molecular formula is C26H36ClNO3. The first kappa shape index (κ1) is 23.8. The van der Waals surface area contributed by atoms with Gasteiger partial charge in [0.1, 0.15) is 0 Å². The number of halogens is 1. The van der Waals surface area contributed by atoms with E-state index in [0.29, 0.717) is 17.8 Å². The molecule has 0 bridgehead atoms. The van der Waals surface area contributed by atoms with Gasteiger partial charge in [-0.15, -0.1) is 0 Å². The van der Waals surface area contributed by atoms with Crippen molar-refractivity contribution in [3.8, 4) is 0 Å². The van der Waals surface area contributed by atoms with E-state index in [0.717, 1.165) is 22.1 Å². The molecule has 1 aliphatic heterocycles. The van der Waals surface area contributed by atoms with Crippen LogP contribution in [-0.2, 0) is 15.0 Å². The maximum absolute atomic E-state index is 12.9. The highest BCUT2D eigenvalue weighted by Gasteiger charge is 2.42. The number of allylic oxidation sites excluding steroid dienone is 1. The average molecular weight is 446 g/mol. The van der Waals surface area contributed by atoms with E-state index in [2.05, 4.69) is 59.7 Å². The zero-order chi connectivity index (χ0) is 23.1. The third-order valence-electron chi connectivity index (χ3n) is 7.39. The summed E-state index contributed by atoms with van der Waals surface area (Å²) in [5, 5.41) is 9.79. The normalized spacial score (nSPS) is 26.6. The average Bonchev–Trinajstić information content (AvgIpc) is 2.59. The van der Waals surface area contributed by atoms with Crippen LogP contribution in [0.4, 0.5) is 0 Å². The summed E-state index contributed by atoms with van der Waals surface area (Å²) in [6, 6.07) is 6.35. The summed E-state index contributed by atoms with van der Waals surface area (Å²) in [6.45, 7) is 13.5. The summed E-state index contributed by atoms with van der Waals surface area (Å²) >= 11 is 6.78. The lowest BCUT2D eigenvalue weighted by atomic mass is 9.61. The van der Waals surface area contributed by atoms with Crippen LogP contribution in [0.15, 0.2) is 30.0 Å². The molecule has 1 aliphatic carbocycles. The van der Waals surface area contributed by atoms with Crippen LogP contribution < -0.4 is 0 Å². The molecule has 1 aromatic carbocycles. The molecule has 31 heavy (non-hydrogen) atoms. The lowest BCUT2D eigenvalue weighted by molar-refractivity contribution is -0.138. The Morgan fingerprint density at radius 2 is 1.94 bits per heavy atom. The fourth-order valence-electron chi connectivity index (χ4n) is 5.13. The maximum atomic E-state index is 12.9.